The zero-order valence-electron chi connectivity index (χ0n) is 18.2. The Morgan fingerprint density at radius 1 is 1.23 bits per heavy atom. The van der Waals surface area contributed by atoms with E-state index in [9.17, 15) is 15.8 Å². The number of nitrogens with one attached hydrogen (secondary N) is 1. The van der Waals surface area contributed by atoms with Crippen LogP contribution in [0.25, 0.3) is 0 Å². The molecule has 0 saturated heterocycles. The lowest BCUT2D eigenvalue weighted by Crippen LogP contribution is -2.52. The van der Waals surface area contributed by atoms with Crippen molar-refractivity contribution >= 4 is 5.71 Å². The van der Waals surface area contributed by atoms with E-state index >= 15 is 0 Å². The van der Waals surface area contributed by atoms with Crippen molar-refractivity contribution < 1.29 is 9.47 Å². The number of unbranched alkanes of at least 4 members (excludes halogenated alkanes) is 1. The number of nitrogens with zero attached hydrogens (tertiary/aromatic N) is 4. The second-order valence-electron chi connectivity index (χ2n) is 8.13. The van der Waals surface area contributed by atoms with Gasteiger partial charge in [0.2, 0.25) is 0 Å². The van der Waals surface area contributed by atoms with Crippen LogP contribution in [0.2, 0.25) is 0 Å². The summed E-state index contributed by atoms with van der Waals surface area (Å²) in [7, 11) is 3.53. The number of likely N-dealkylation sites (N-methyl/N-ethyl adjacent to an activating group) is 1. The monoisotopic (exact) mass is 417 g/mol. The third kappa shape index (κ3) is 3.76. The van der Waals surface area contributed by atoms with Crippen LogP contribution in [-0.4, -0.2) is 44.5 Å². The highest BCUT2D eigenvalue weighted by Crippen LogP contribution is 2.54. The first kappa shape index (κ1) is 22.3. The molecule has 1 aromatic rings. The number of ether oxygens (including phenoxy) is 2. The molecule has 3 rings (SSSR count). The molecule has 0 bridgehead atoms. The van der Waals surface area contributed by atoms with Crippen molar-refractivity contribution in [2.45, 2.75) is 25.7 Å². The molecule has 1 heterocycles. The van der Waals surface area contributed by atoms with Crippen molar-refractivity contribution in [2.75, 3.05) is 33.9 Å². The second-order valence-corrected chi connectivity index (χ2v) is 8.13. The summed E-state index contributed by atoms with van der Waals surface area (Å²) >= 11 is 0. The highest BCUT2D eigenvalue weighted by molar-refractivity contribution is 6.00. The third-order valence-corrected chi connectivity index (χ3v) is 6.27. The maximum atomic E-state index is 10.1. The number of methoxy groups -OCH3 is 1. The van der Waals surface area contributed by atoms with Gasteiger partial charge in [-0.3, -0.25) is 0 Å². The maximum absolute atomic E-state index is 10.1. The topological polar surface area (TPSA) is 117 Å². The summed E-state index contributed by atoms with van der Waals surface area (Å²) in [6.45, 7) is 3.93. The minimum atomic E-state index is -1.73. The van der Waals surface area contributed by atoms with Crippen molar-refractivity contribution in [1.29, 1.82) is 21.2 Å². The molecule has 31 heavy (non-hydrogen) atoms. The lowest BCUT2D eigenvalue weighted by Gasteiger charge is -2.47. The highest BCUT2D eigenvalue weighted by Gasteiger charge is 2.57. The Labute approximate surface area is 183 Å². The Balaban J connectivity index is 2.14. The van der Waals surface area contributed by atoms with Gasteiger partial charge in [0.05, 0.1) is 37.6 Å². The molecule has 2 aliphatic rings. The van der Waals surface area contributed by atoms with Crippen LogP contribution in [0.15, 0.2) is 29.8 Å². The van der Waals surface area contributed by atoms with E-state index in [0.29, 0.717) is 31.2 Å². The molecule has 1 aromatic carbocycles. The van der Waals surface area contributed by atoms with Crippen molar-refractivity contribution in [2.24, 2.45) is 17.3 Å². The molecule has 1 fully saturated rings. The Bertz CT molecular complexity index is 996. The molecule has 0 spiro atoms. The van der Waals surface area contributed by atoms with Crippen molar-refractivity contribution in [3.63, 3.8) is 0 Å². The van der Waals surface area contributed by atoms with Gasteiger partial charge in [-0.1, -0.05) is 25.5 Å². The number of rotatable bonds is 6. The minimum Gasteiger partial charge on any atom is -0.493 e. The molecule has 7 heteroatoms. The van der Waals surface area contributed by atoms with Crippen LogP contribution >= 0.6 is 0 Å². The zero-order chi connectivity index (χ0) is 22.6. The highest BCUT2D eigenvalue weighted by atomic mass is 16.5. The average molecular weight is 418 g/mol. The SMILES string of the molecule is CCCCOc1ccc([C@H]2[C@@H]3CN(C)CC=C3[C@@H](C#N)C(=N)C2(C#N)C#N)cc1OC. The van der Waals surface area contributed by atoms with E-state index in [2.05, 4.69) is 30.0 Å². The molecule has 1 saturated carbocycles. The van der Waals surface area contributed by atoms with E-state index in [0.717, 1.165) is 24.0 Å². The molecule has 0 aromatic heterocycles. The lowest BCUT2D eigenvalue weighted by atomic mass is 9.54. The van der Waals surface area contributed by atoms with Crippen molar-refractivity contribution in [3.8, 4) is 29.7 Å². The van der Waals surface area contributed by atoms with E-state index in [1.165, 1.54) is 0 Å². The Morgan fingerprint density at radius 3 is 2.58 bits per heavy atom. The van der Waals surface area contributed by atoms with Gasteiger partial charge in [0, 0.05) is 24.9 Å². The Hall–Kier alpha value is -3.34. The van der Waals surface area contributed by atoms with Gasteiger partial charge in [0.15, 0.2) is 16.9 Å². The van der Waals surface area contributed by atoms with Crippen LogP contribution in [0.5, 0.6) is 11.5 Å². The number of fused-ring (bicyclic) bond motifs is 1. The summed E-state index contributed by atoms with van der Waals surface area (Å²) < 4.78 is 11.4. The summed E-state index contributed by atoms with van der Waals surface area (Å²) in [4.78, 5) is 2.10. The molecule has 1 N–H and O–H groups in total. The predicted octanol–water partition coefficient (Wildman–Crippen LogP) is 3.65. The first-order chi connectivity index (χ1) is 15.0. The van der Waals surface area contributed by atoms with Gasteiger partial charge in [0.1, 0.15) is 5.92 Å². The number of benzene rings is 1. The maximum Gasteiger partial charge on any atom is 0.189 e. The van der Waals surface area contributed by atoms with Gasteiger partial charge in [-0.25, -0.2) is 0 Å². The smallest absolute Gasteiger partial charge is 0.189 e. The molecule has 7 nitrogen and oxygen atoms in total. The van der Waals surface area contributed by atoms with E-state index in [1.54, 1.807) is 13.2 Å². The largest absolute Gasteiger partial charge is 0.493 e. The normalized spacial score (nSPS) is 24.7. The minimum absolute atomic E-state index is 0.140. The van der Waals surface area contributed by atoms with Crippen LogP contribution in [0.1, 0.15) is 31.2 Å². The van der Waals surface area contributed by atoms with E-state index in [-0.39, 0.29) is 11.6 Å². The third-order valence-electron chi connectivity index (χ3n) is 6.27. The molecule has 1 aliphatic heterocycles. The number of hydrogen-bond acceptors (Lipinski definition) is 7. The molecular weight excluding hydrogens is 390 g/mol. The number of hydrogen-bond donors (Lipinski definition) is 1. The van der Waals surface area contributed by atoms with E-state index in [1.807, 2.05) is 25.3 Å². The number of nitriles is 3. The summed E-state index contributed by atoms with van der Waals surface area (Å²) in [5.74, 6) is -0.535. The average Bonchev–Trinajstić information content (AvgIpc) is 2.79. The first-order valence-electron chi connectivity index (χ1n) is 10.5. The van der Waals surface area contributed by atoms with Crippen LogP contribution < -0.4 is 9.47 Å². The lowest BCUT2D eigenvalue weighted by molar-refractivity contribution is 0.234. The zero-order valence-corrected chi connectivity index (χ0v) is 18.2. The molecule has 0 amide bonds. The summed E-state index contributed by atoms with van der Waals surface area (Å²) in [6.07, 6.45) is 3.91. The van der Waals surface area contributed by atoms with Crippen molar-refractivity contribution in [1.82, 2.24) is 4.90 Å². The van der Waals surface area contributed by atoms with Crippen LogP contribution in [0.3, 0.4) is 0 Å². The molecule has 1 aliphatic carbocycles. The van der Waals surface area contributed by atoms with E-state index in [4.69, 9.17) is 14.9 Å². The molecule has 160 valence electrons. The summed E-state index contributed by atoms with van der Waals surface area (Å²) in [6, 6.07) is 11.9. The molecular formula is C24H27N5O2. The fourth-order valence-electron chi connectivity index (χ4n) is 4.65. The van der Waals surface area contributed by atoms with Gasteiger partial charge < -0.3 is 19.8 Å². The standard InChI is InChI=1S/C24H27N5O2/c1-4-5-10-31-20-7-6-16(11-21(20)30-3)22-19-13-29(2)9-8-17(19)18(12-25)23(28)24(22,14-26)15-27/h6-8,11,18-19,22,28H,4-5,9-10,13H2,1-3H3/t18-,19-,22+/m1/s1. The molecule has 0 radical (unpaired) electrons. The van der Waals surface area contributed by atoms with Gasteiger partial charge in [0.25, 0.3) is 0 Å². The van der Waals surface area contributed by atoms with Gasteiger partial charge in [-0.05, 0) is 36.7 Å². The van der Waals surface area contributed by atoms with Crippen LogP contribution in [0.4, 0.5) is 0 Å². The molecule has 0 unspecified atom stereocenters. The van der Waals surface area contributed by atoms with Crippen LogP contribution in [0, 0.1) is 56.7 Å². The van der Waals surface area contributed by atoms with Gasteiger partial charge in [-0.2, -0.15) is 15.8 Å². The quantitative estimate of drug-likeness (QED) is 0.558. The van der Waals surface area contributed by atoms with Crippen molar-refractivity contribution in [3.05, 3.63) is 35.4 Å². The predicted molar refractivity (Wildman–Crippen MR) is 116 cm³/mol. The summed E-state index contributed by atoms with van der Waals surface area (Å²) in [5.41, 5.74) is -0.302. The Morgan fingerprint density at radius 2 is 1.97 bits per heavy atom. The van der Waals surface area contributed by atoms with E-state index < -0.39 is 17.3 Å². The fraction of sp³-hybridized carbons (Fsp3) is 0.500. The second kappa shape index (κ2) is 9.21. The van der Waals surface area contributed by atoms with Gasteiger partial charge in [-0.15, -0.1) is 0 Å². The fourth-order valence-corrected chi connectivity index (χ4v) is 4.65. The molecule has 3 atom stereocenters. The van der Waals surface area contributed by atoms with Gasteiger partial charge >= 0.3 is 0 Å². The Kier molecular flexibility index (Phi) is 6.64. The first-order valence-corrected chi connectivity index (χ1v) is 10.5. The van der Waals surface area contributed by atoms with Crippen LogP contribution in [-0.2, 0) is 0 Å². The summed E-state index contributed by atoms with van der Waals surface area (Å²) in [5, 5.41) is 38.7.